The van der Waals surface area contributed by atoms with Crippen molar-refractivity contribution in [3.8, 4) is 0 Å². The predicted molar refractivity (Wildman–Crippen MR) is 84.1 cm³/mol. The Morgan fingerprint density at radius 1 is 1.29 bits per heavy atom. The first-order valence-electron chi connectivity index (χ1n) is 8.67. The maximum atomic E-state index is 6.09. The van der Waals surface area contributed by atoms with Gasteiger partial charge in [0, 0.05) is 6.04 Å². The maximum absolute atomic E-state index is 6.09. The topological polar surface area (TPSA) is 34.4 Å². The van der Waals surface area contributed by atoms with Crippen LogP contribution in [0.4, 0.5) is 0 Å². The summed E-state index contributed by atoms with van der Waals surface area (Å²) in [4.78, 5) is 0. The van der Waals surface area contributed by atoms with Crippen LogP contribution in [0, 0.1) is 12.8 Å². The summed E-state index contributed by atoms with van der Waals surface area (Å²) in [5, 5.41) is 3.51. The van der Waals surface area contributed by atoms with E-state index in [1.807, 2.05) is 0 Å². The van der Waals surface area contributed by atoms with E-state index in [1.165, 1.54) is 50.5 Å². The highest BCUT2D eigenvalue weighted by Gasteiger charge is 2.23. The number of ether oxygens (including phenoxy) is 1. The van der Waals surface area contributed by atoms with Crippen LogP contribution in [-0.4, -0.2) is 12.1 Å². The van der Waals surface area contributed by atoms with Crippen LogP contribution in [0.2, 0.25) is 0 Å². The van der Waals surface area contributed by atoms with Gasteiger partial charge in [-0.2, -0.15) is 0 Å². The summed E-state index contributed by atoms with van der Waals surface area (Å²) >= 11 is 0. The number of rotatable bonds is 7. The molecule has 0 amide bonds. The van der Waals surface area contributed by atoms with E-state index in [4.69, 9.17) is 9.15 Å². The van der Waals surface area contributed by atoms with Gasteiger partial charge in [-0.1, -0.05) is 26.2 Å². The van der Waals surface area contributed by atoms with Gasteiger partial charge in [-0.05, 0) is 50.2 Å². The Morgan fingerprint density at radius 3 is 2.90 bits per heavy atom. The van der Waals surface area contributed by atoms with Crippen LogP contribution in [0.5, 0.6) is 0 Å². The van der Waals surface area contributed by atoms with Gasteiger partial charge < -0.3 is 14.5 Å². The van der Waals surface area contributed by atoms with Gasteiger partial charge >= 0.3 is 0 Å². The van der Waals surface area contributed by atoms with Crippen LogP contribution in [-0.2, 0) is 17.9 Å². The molecular formula is C18H29NO2. The van der Waals surface area contributed by atoms with Crippen LogP contribution in [0.25, 0.3) is 0 Å². The molecule has 2 aliphatic carbocycles. The molecule has 2 atom stereocenters. The molecule has 0 spiro atoms. The average Bonchev–Trinajstić information content (AvgIpc) is 3.27. The molecule has 1 aromatic rings. The first-order valence-corrected chi connectivity index (χ1v) is 8.67. The van der Waals surface area contributed by atoms with Crippen LogP contribution >= 0.6 is 0 Å². The standard InChI is InChI=1S/C18H29NO2/c1-3-14-5-4-6-16(10-14)20-12-17-9-13(2)18(21-17)11-19-15-7-8-15/h9,14-16,19H,3-8,10-12H2,1-2H3. The van der Waals surface area contributed by atoms with Gasteiger partial charge in [-0.15, -0.1) is 0 Å². The average molecular weight is 291 g/mol. The quantitative estimate of drug-likeness (QED) is 0.812. The Balaban J connectivity index is 1.46. The molecule has 2 fully saturated rings. The summed E-state index contributed by atoms with van der Waals surface area (Å²) in [6.07, 6.45) is 9.49. The van der Waals surface area contributed by atoms with Gasteiger partial charge in [0.05, 0.1) is 12.6 Å². The van der Waals surface area contributed by atoms with Crippen molar-refractivity contribution in [2.24, 2.45) is 5.92 Å². The zero-order chi connectivity index (χ0) is 14.7. The fraction of sp³-hybridized carbons (Fsp3) is 0.778. The van der Waals surface area contributed by atoms with Gasteiger partial charge in [0.2, 0.25) is 0 Å². The van der Waals surface area contributed by atoms with E-state index in [9.17, 15) is 0 Å². The van der Waals surface area contributed by atoms with Gasteiger partial charge in [0.1, 0.15) is 18.1 Å². The van der Waals surface area contributed by atoms with E-state index in [0.717, 1.165) is 30.0 Å². The number of nitrogens with one attached hydrogen (secondary N) is 1. The predicted octanol–water partition coefficient (Wildman–Crippen LogP) is 4.33. The lowest BCUT2D eigenvalue weighted by Gasteiger charge is -2.28. The van der Waals surface area contributed by atoms with Crippen molar-refractivity contribution in [2.45, 2.75) is 84.1 Å². The Hall–Kier alpha value is -0.800. The van der Waals surface area contributed by atoms with E-state index < -0.39 is 0 Å². The molecule has 3 nitrogen and oxygen atoms in total. The summed E-state index contributed by atoms with van der Waals surface area (Å²) in [5.74, 6) is 2.93. The second-order valence-electron chi connectivity index (χ2n) is 6.85. The first-order chi connectivity index (χ1) is 10.2. The summed E-state index contributed by atoms with van der Waals surface area (Å²) in [6.45, 7) is 5.91. The fourth-order valence-corrected chi connectivity index (χ4v) is 3.33. The summed E-state index contributed by atoms with van der Waals surface area (Å²) in [7, 11) is 0. The molecule has 2 saturated carbocycles. The highest BCUT2D eigenvalue weighted by Crippen LogP contribution is 2.29. The lowest BCUT2D eigenvalue weighted by Crippen LogP contribution is -2.22. The number of furan rings is 1. The highest BCUT2D eigenvalue weighted by atomic mass is 16.5. The minimum Gasteiger partial charge on any atom is -0.462 e. The molecule has 0 bridgehead atoms. The third-order valence-corrected chi connectivity index (χ3v) is 4.97. The van der Waals surface area contributed by atoms with E-state index in [2.05, 4.69) is 25.2 Å². The number of aryl methyl sites for hydroxylation is 1. The smallest absolute Gasteiger partial charge is 0.130 e. The van der Waals surface area contributed by atoms with Crippen molar-refractivity contribution in [1.82, 2.24) is 5.32 Å². The number of hydrogen-bond acceptors (Lipinski definition) is 3. The molecule has 118 valence electrons. The van der Waals surface area contributed by atoms with Crippen molar-refractivity contribution < 1.29 is 9.15 Å². The number of hydrogen-bond donors (Lipinski definition) is 1. The van der Waals surface area contributed by atoms with E-state index in [-0.39, 0.29) is 0 Å². The van der Waals surface area contributed by atoms with E-state index in [0.29, 0.717) is 12.7 Å². The Morgan fingerprint density at radius 2 is 2.14 bits per heavy atom. The first kappa shape index (κ1) is 15.1. The SMILES string of the molecule is CCC1CCCC(OCc2cc(C)c(CNC3CC3)o2)C1. The van der Waals surface area contributed by atoms with Crippen LogP contribution in [0.1, 0.15) is 69.0 Å². The van der Waals surface area contributed by atoms with E-state index >= 15 is 0 Å². The van der Waals surface area contributed by atoms with Crippen LogP contribution < -0.4 is 5.32 Å². The Bertz CT molecular complexity index is 450. The fourth-order valence-electron chi connectivity index (χ4n) is 3.33. The normalized spacial score (nSPS) is 26.2. The molecule has 3 heteroatoms. The van der Waals surface area contributed by atoms with Crippen molar-refractivity contribution in [3.05, 3.63) is 23.2 Å². The third-order valence-electron chi connectivity index (χ3n) is 4.97. The van der Waals surface area contributed by atoms with Gasteiger partial charge in [0.25, 0.3) is 0 Å². The lowest BCUT2D eigenvalue weighted by atomic mass is 9.85. The molecule has 0 aromatic carbocycles. The molecule has 1 aromatic heterocycles. The van der Waals surface area contributed by atoms with E-state index in [1.54, 1.807) is 0 Å². The Labute approximate surface area is 128 Å². The zero-order valence-corrected chi connectivity index (χ0v) is 13.5. The van der Waals surface area contributed by atoms with Crippen LogP contribution in [0.3, 0.4) is 0 Å². The van der Waals surface area contributed by atoms with Crippen molar-refractivity contribution >= 4 is 0 Å². The minimum absolute atomic E-state index is 0.433. The van der Waals surface area contributed by atoms with Gasteiger partial charge in [-0.25, -0.2) is 0 Å². The van der Waals surface area contributed by atoms with Crippen molar-refractivity contribution in [2.75, 3.05) is 0 Å². The van der Waals surface area contributed by atoms with Gasteiger partial charge in [-0.3, -0.25) is 0 Å². The van der Waals surface area contributed by atoms with Gasteiger partial charge in [0.15, 0.2) is 0 Å². The molecule has 0 radical (unpaired) electrons. The summed E-state index contributed by atoms with van der Waals surface area (Å²) < 4.78 is 12.0. The second-order valence-corrected chi connectivity index (χ2v) is 6.85. The Kier molecular flexibility index (Phi) is 5.02. The van der Waals surface area contributed by atoms with Crippen LogP contribution in [0.15, 0.2) is 10.5 Å². The monoisotopic (exact) mass is 291 g/mol. The minimum atomic E-state index is 0.433. The summed E-state index contributed by atoms with van der Waals surface area (Å²) in [5.41, 5.74) is 1.25. The van der Waals surface area contributed by atoms with Crippen molar-refractivity contribution in [3.63, 3.8) is 0 Å². The third kappa shape index (κ3) is 4.33. The largest absolute Gasteiger partial charge is 0.462 e. The molecule has 2 unspecified atom stereocenters. The highest BCUT2D eigenvalue weighted by molar-refractivity contribution is 5.19. The molecule has 0 aliphatic heterocycles. The molecule has 1 N–H and O–H groups in total. The molecule has 1 heterocycles. The molecule has 21 heavy (non-hydrogen) atoms. The summed E-state index contributed by atoms with van der Waals surface area (Å²) in [6, 6.07) is 2.87. The molecule has 2 aliphatic rings. The second kappa shape index (κ2) is 6.97. The zero-order valence-electron chi connectivity index (χ0n) is 13.5. The molecule has 0 saturated heterocycles. The molecule has 3 rings (SSSR count). The van der Waals surface area contributed by atoms with Crippen molar-refractivity contribution in [1.29, 1.82) is 0 Å². The molecular weight excluding hydrogens is 262 g/mol. The maximum Gasteiger partial charge on any atom is 0.130 e. The lowest BCUT2D eigenvalue weighted by molar-refractivity contribution is -0.00568.